The number of sulfonamides is 1. The Morgan fingerprint density at radius 1 is 1.14 bits per heavy atom. The van der Waals surface area contributed by atoms with E-state index in [2.05, 4.69) is 19.2 Å². The molecule has 0 aromatic heterocycles. The molecule has 1 aromatic rings. The number of nitrogens with one attached hydrogen (secondary N) is 1. The van der Waals surface area contributed by atoms with Crippen molar-refractivity contribution in [2.24, 2.45) is 5.92 Å². The van der Waals surface area contributed by atoms with Crippen molar-refractivity contribution in [1.29, 1.82) is 0 Å². The van der Waals surface area contributed by atoms with Crippen molar-refractivity contribution in [2.45, 2.75) is 72.3 Å². The van der Waals surface area contributed by atoms with Gasteiger partial charge in [0.25, 0.3) is 0 Å². The number of amides is 1. The highest BCUT2D eigenvalue weighted by atomic mass is 32.2. The Balaban J connectivity index is 2.57. The Bertz CT molecular complexity index is 702. The number of hydrogen-bond acceptors (Lipinski definition) is 4. The molecule has 0 spiro atoms. The topological polar surface area (TPSA) is 75.7 Å². The number of carbonyl (C=O) groups excluding carboxylic acids is 1. The van der Waals surface area contributed by atoms with Crippen LogP contribution in [0.15, 0.2) is 24.3 Å². The SMILES string of the molecule is CCCC[C@@H](CC)CNC(=O)CCCN(c1ccc(OC(C)C)cc1)S(C)(=O)=O. The molecule has 0 aliphatic heterocycles. The van der Waals surface area contributed by atoms with Crippen LogP contribution >= 0.6 is 0 Å². The molecule has 166 valence electrons. The monoisotopic (exact) mass is 426 g/mol. The third-order valence-corrected chi connectivity index (χ3v) is 5.99. The van der Waals surface area contributed by atoms with Crippen molar-refractivity contribution >= 4 is 21.6 Å². The minimum absolute atomic E-state index is 0.0194. The van der Waals surface area contributed by atoms with E-state index in [0.29, 0.717) is 36.7 Å². The van der Waals surface area contributed by atoms with E-state index in [1.807, 2.05) is 13.8 Å². The average molecular weight is 427 g/mol. The van der Waals surface area contributed by atoms with E-state index in [4.69, 9.17) is 4.74 Å². The molecule has 1 rings (SSSR count). The highest BCUT2D eigenvalue weighted by Crippen LogP contribution is 2.22. The predicted octanol–water partition coefficient (Wildman–Crippen LogP) is 4.35. The predicted molar refractivity (Wildman–Crippen MR) is 120 cm³/mol. The minimum Gasteiger partial charge on any atom is -0.491 e. The van der Waals surface area contributed by atoms with Gasteiger partial charge < -0.3 is 10.1 Å². The normalized spacial score (nSPS) is 12.6. The summed E-state index contributed by atoms with van der Waals surface area (Å²) in [4.78, 5) is 12.2. The molecule has 0 fully saturated rings. The van der Waals surface area contributed by atoms with Gasteiger partial charge in [0.05, 0.1) is 18.0 Å². The van der Waals surface area contributed by atoms with Crippen molar-refractivity contribution < 1.29 is 17.9 Å². The molecule has 29 heavy (non-hydrogen) atoms. The highest BCUT2D eigenvalue weighted by molar-refractivity contribution is 7.92. The van der Waals surface area contributed by atoms with Gasteiger partial charge in [-0.1, -0.05) is 33.1 Å². The van der Waals surface area contributed by atoms with Crippen LogP contribution in [0.25, 0.3) is 0 Å². The lowest BCUT2D eigenvalue weighted by Gasteiger charge is -2.23. The van der Waals surface area contributed by atoms with Crippen LogP contribution in [0.2, 0.25) is 0 Å². The zero-order chi connectivity index (χ0) is 21.9. The van der Waals surface area contributed by atoms with E-state index < -0.39 is 10.0 Å². The van der Waals surface area contributed by atoms with E-state index in [9.17, 15) is 13.2 Å². The first-order valence-corrected chi connectivity index (χ1v) is 12.5. The van der Waals surface area contributed by atoms with Gasteiger partial charge >= 0.3 is 0 Å². The number of ether oxygens (including phenoxy) is 1. The highest BCUT2D eigenvalue weighted by Gasteiger charge is 2.18. The maximum Gasteiger partial charge on any atom is 0.232 e. The van der Waals surface area contributed by atoms with Crippen LogP contribution in [0.4, 0.5) is 5.69 Å². The van der Waals surface area contributed by atoms with Gasteiger partial charge in [0.2, 0.25) is 15.9 Å². The molecule has 0 bridgehead atoms. The summed E-state index contributed by atoms with van der Waals surface area (Å²) in [6, 6.07) is 7.00. The zero-order valence-corrected chi connectivity index (χ0v) is 19.4. The summed E-state index contributed by atoms with van der Waals surface area (Å²) in [6.45, 7) is 9.16. The van der Waals surface area contributed by atoms with E-state index in [1.165, 1.54) is 17.0 Å². The number of nitrogens with zero attached hydrogens (tertiary/aromatic N) is 1. The van der Waals surface area contributed by atoms with Crippen LogP contribution in [0, 0.1) is 5.92 Å². The molecule has 1 atom stereocenters. The zero-order valence-electron chi connectivity index (χ0n) is 18.6. The van der Waals surface area contributed by atoms with Crippen LogP contribution in [0.1, 0.15) is 66.2 Å². The van der Waals surface area contributed by atoms with Crippen molar-refractivity contribution in [3.8, 4) is 5.75 Å². The van der Waals surface area contributed by atoms with Crippen molar-refractivity contribution in [3.63, 3.8) is 0 Å². The molecule has 0 saturated heterocycles. The number of carbonyl (C=O) groups is 1. The Morgan fingerprint density at radius 2 is 1.79 bits per heavy atom. The van der Waals surface area contributed by atoms with Crippen LogP contribution in [0.3, 0.4) is 0 Å². The van der Waals surface area contributed by atoms with Crippen molar-refractivity contribution in [3.05, 3.63) is 24.3 Å². The van der Waals surface area contributed by atoms with Crippen molar-refractivity contribution in [1.82, 2.24) is 5.32 Å². The fourth-order valence-corrected chi connectivity index (χ4v) is 4.09. The van der Waals surface area contributed by atoms with E-state index in [0.717, 1.165) is 19.3 Å². The molecule has 0 aliphatic carbocycles. The molecule has 0 heterocycles. The standard InChI is InChI=1S/C22H38N2O4S/c1-6-8-10-19(7-2)17-23-22(25)11-9-16-24(29(5,26)27)20-12-14-21(15-13-20)28-18(3)4/h12-15,18-19H,6-11,16-17H2,1-5H3,(H,23,25)/t19-/m1/s1. The molecule has 0 unspecified atom stereocenters. The molecule has 0 aliphatic rings. The van der Waals surface area contributed by atoms with Crippen LogP contribution < -0.4 is 14.4 Å². The lowest BCUT2D eigenvalue weighted by molar-refractivity contribution is -0.121. The Kier molecular flexibility index (Phi) is 11.1. The first-order chi connectivity index (χ1) is 13.7. The molecule has 1 amide bonds. The van der Waals surface area contributed by atoms with E-state index in [1.54, 1.807) is 24.3 Å². The molecule has 0 radical (unpaired) electrons. The molecule has 1 N–H and O–H groups in total. The van der Waals surface area contributed by atoms with E-state index in [-0.39, 0.29) is 18.6 Å². The van der Waals surface area contributed by atoms with Crippen molar-refractivity contribution in [2.75, 3.05) is 23.7 Å². The number of rotatable bonds is 14. The molecule has 0 saturated carbocycles. The van der Waals surface area contributed by atoms with E-state index >= 15 is 0 Å². The maximum atomic E-state index is 12.2. The smallest absolute Gasteiger partial charge is 0.232 e. The molecule has 7 heteroatoms. The lowest BCUT2D eigenvalue weighted by Crippen LogP contribution is -2.33. The summed E-state index contributed by atoms with van der Waals surface area (Å²) in [5, 5.41) is 3.00. The van der Waals surface area contributed by atoms with Gasteiger partial charge in [-0.15, -0.1) is 0 Å². The number of unbranched alkanes of at least 4 members (excludes halogenated alkanes) is 1. The van der Waals surface area contributed by atoms with Gasteiger partial charge in [0, 0.05) is 19.5 Å². The number of hydrogen-bond donors (Lipinski definition) is 1. The first-order valence-electron chi connectivity index (χ1n) is 10.7. The Hall–Kier alpha value is -1.76. The lowest BCUT2D eigenvalue weighted by atomic mass is 9.99. The van der Waals surface area contributed by atoms with Gasteiger partial charge in [-0.3, -0.25) is 9.10 Å². The fraction of sp³-hybridized carbons (Fsp3) is 0.682. The Morgan fingerprint density at radius 3 is 2.31 bits per heavy atom. The van der Waals surface area contributed by atoms with Gasteiger partial charge in [-0.05, 0) is 56.9 Å². The van der Waals surface area contributed by atoms with Crippen LogP contribution in [0.5, 0.6) is 5.75 Å². The number of benzene rings is 1. The third kappa shape index (κ3) is 10.0. The summed E-state index contributed by atoms with van der Waals surface area (Å²) < 4.78 is 31.4. The summed E-state index contributed by atoms with van der Waals surface area (Å²) in [5.74, 6) is 1.19. The average Bonchev–Trinajstić information content (AvgIpc) is 2.65. The van der Waals surface area contributed by atoms with Gasteiger partial charge in [-0.2, -0.15) is 0 Å². The first kappa shape index (κ1) is 25.3. The summed E-state index contributed by atoms with van der Waals surface area (Å²) in [7, 11) is -3.43. The second-order valence-corrected chi connectivity index (χ2v) is 9.73. The van der Waals surface area contributed by atoms with Gasteiger partial charge in [0.15, 0.2) is 0 Å². The summed E-state index contributed by atoms with van der Waals surface area (Å²) in [5.41, 5.74) is 0.578. The fourth-order valence-electron chi connectivity index (χ4n) is 3.12. The third-order valence-electron chi connectivity index (χ3n) is 4.79. The number of anilines is 1. The molecular formula is C22H38N2O4S. The van der Waals surface area contributed by atoms with Crippen LogP contribution in [-0.2, 0) is 14.8 Å². The molecule has 6 nitrogen and oxygen atoms in total. The summed E-state index contributed by atoms with van der Waals surface area (Å²) >= 11 is 0. The second kappa shape index (κ2) is 12.7. The minimum atomic E-state index is -3.43. The van der Waals surface area contributed by atoms with Gasteiger partial charge in [0.1, 0.15) is 5.75 Å². The second-order valence-electron chi connectivity index (χ2n) is 7.82. The molecular weight excluding hydrogens is 388 g/mol. The van der Waals surface area contributed by atoms with Gasteiger partial charge in [-0.25, -0.2) is 8.42 Å². The maximum absolute atomic E-state index is 12.2. The largest absolute Gasteiger partial charge is 0.491 e. The molecule has 1 aromatic carbocycles. The quantitative estimate of drug-likeness (QED) is 0.480. The Labute approximate surface area is 177 Å². The van der Waals surface area contributed by atoms with Crippen LogP contribution in [-0.4, -0.2) is 39.8 Å². The summed E-state index contributed by atoms with van der Waals surface area (Å²) in [6.07, 6.45) is 6.55.